The lowest BCUT2D eigenvalue weighted by Gasteiger charge is -2.25. The molecule has 3 rings (SSSR count). The third-order valence-electron chi connectivity index (χ3n) is 3.83. The molecule has 0 aliphatic carbocycles. The molecule has 1 aliphatic heterocycles. The average Bonchev–Trinajstić information content (AvgIpc) is 3.03. The molecule has 3 nitrogen and oxygen atoms in total. The Bertz CT molecular complexity index is 569. The van der Waals surface area contributed by atoms with Crippen LogP contribution >= 0.6 is 27.3 Å². The van der Waals surface area contributed by atoms with Crippen molar-refractivity contribution in [1.82, 2.24) is 9.97 Å². The average molecular weight is 340 g/mol. The number of hydrogen-bond donors (Lipinski definition) is 0. The maximum Gasteiger partial charge on any atom is 0.150 e. The number of thiophene rings is 1. The van der Waals surface area contributed by atoms with E-state index in [9.17, 15) is 0 Å². The molecule has 1 aliphatic rings. The molecule has 19 heavy (non-hydrogen) atoms. The minimum atomic E-state index is 0.651. The van der Waals surface area contributed by atoms with Crippen molar-refractivity contribution in [3.8, 4) is 0 Å². The van der Waals surface area contributed by atoms with Crippen LogP contribution in [-0.2, 0) is 0 Å². The largest absolute Gasteiger partial charge is 0.352 e. The van der Waals surface area contributed by atoms with E-state index >= 15 is 0 Å². The van der Waals surface area contributed by atoms with Crippen LogP contribution in [0, 0.1) is 6.92 Å². The van der Waals surface area contributed by atoms with Gasteiger partial charge in [0, 0.05) is 17.9 Å². The summed E-state index contributed by atoms with van der Waals surface area (Å²) in [4.78, 5) is 11.5. The van der Waals surface area contributed by atoms with Crippen LogP contribution in [0.15, 0.2) is 11.7 Å². The van der Waals surface area contributed by atoms with Crippen molar-refractivity contribution >= 4 is 43.3 Å². The molecule has 0 amide bonds. The number of aryl methyl sites for hydroxylation is 1. The Labute approximate surface area is 126 Å². The maximum atomic E-state index is 4.57. The van der Waals surface area contributed by atoms with Crippen LogP contribution in [0.25, 0.3) is 10.2 Å². The van der Waals surface area contributed by atoms with Crippen LogP contribution in [0.2, 0.25) is 0 Å². The standard InChI is InChI=1S/C14H18BrN3S/c1-10-8-19-13-12(10)16-9-17-14(13)18-7-3-5-11(18)4-2-6-15/h8-9,11H,2-7H2,1H3. The highest BCUT2D eigenvalue weighted by Crippen LogP contribution is 2.35. The molecule has 0 bridgehead atoms. The van der Waals surface area contributed by atoms with Gasteiger partial charge in [-0.1, -0.05) is 15.9 Å². The second-order valence-electron chi connectivity index (χ2n) is 5.11. The first kappa shape index (κ1) is 13.3. The number of aromatic nitrogens is 2. The number of alkyl halides is 1. The van der Waals surface area contributed by atoms with Crippen LogP contribution in [0.3, 0.4) is 0 Å². The van der Waals surface area contributed by atoms with Gasteiger partial charge in [0.1, 0.15) is 12.1 Å². The van der Waals surface area contributed by atoms with E-state index in [1.54, 1.807) is 17.7 Å². The first-order valence-corrected chi connectivity index (χ1v) is 8.83. The first-order valence-electron chi connectivity index (χ1n) is 6.82. The highest BCUT2D eigenvalue weighted by Gasteiger charge is 2.27. The number of halogens is 1. The van der Waals surface area contributed by atoms with Gasteiger partial charge in [0.2, 0.25) is 0 Å². The Kier molecular flexibility index (Phi) is 4.03. The molecule has 0 spiro atoms. The van der Waals surface area contributed by atoms with E-state index in [1.807, 2.05) is 0 Å². The molecule has 1 unspecified atom stereocenters. The van der Waals surface area contributed by atoms with Crippen molar-refractivity contribution in [3.05, 3.63) is 17.3 Å². The number of rotatable bonds is 4. The van der Waals surface area contributed by atoms with Gasteiger partial charge in [-0.05, 0) is 43.6 Å². The minimum Gasteiger partial charge on any atom is -0.352 e. The molecule has 2 aromatic heterocycles. The van der Waals surface area contributed by atoms with Crippen LogP contribution < -0.4 is 4.90 Å². The Morgan fingerprint density at radius 1 is 1.47 bits per heavy atom. The Balaban J connectivity index is 1.94. The van der Waals surface area contributed by atoms with E-state index in [0.717, 1.165) is 23.2 Å². The Morgan fingerprint density at radius 3 is 3.21 bits per heavy atom. The van der Waals surface area contributed by atoms with Crippen molar-refractivity contribution in [1.29, 1.82) is 0 Å². The fraction of sp³-hybridized carbons (Fsp3) is 0.571. The zero-order chi connectivity index (χ0) is 13.2. The Morgan fingerprint density at radius 2 is 2.37 bits per heavy atom. The van der Waals surface area contributed by atoms with Gasteiger partial charge in [-0.25, -0.2) is 9.97 Å². The van der Waals surface area contributed by atoms with Crippen molar-refractivity contribution in [3.63, 3.8) is 0 Å². The van der Waals surface area contributed by atoms with Crippen LogP contribution in [0.1, 0.15) is 31.2 Å². The molecular formula is C14H18BrN3S. The second-order valence-corrected chi connectivity index (χ2v) is 6.79. The summed E-state index contributed by atoms with van der Waals surface area (Å²) in [5.74, 6) is 1.15. The predicted molar refractivity (Wildman–Crippen MR) is 85.5 cm³/mol. The van der Waals surface area contributed by atoms with Gasteiger partial charge >= 0.3 is 0 Å². The fourth-order valence-electron chi connectivity index (χ4n) is 2.89. The van der Waals surface area contributed by atoms with Gasteiger partial charge in [0.25, 0.3) is 0 Å². The fourth-order valence-corrected chi connectivity index (χ4v) is 4.22. The second kappa shape index (κ2) is 5.75. The van der Waals surface area contributed by atoms with E-state index in [2.05, 4.69) is 43.1 Å². The molecular weight excluding hydrogens is 322 g/mol. The quantitative estimate of drug-likeness (QED) is 0.783. The van der Waals surface area contributed by atoms with Gasteiger partial charge in [-0.2, -0.15) is 0 Å². The maximum absolute atomic E-state index is 4.57. The molecule has 0 radical (unpaired) electrons. The number of anilines is 1. The molecule has 0 saturated carbocycles. The molecule has 0 aromatic carbocycles. The van der Waals surface area contributed by atoms with Crippen molar-refractivity contribution in [2.75, 3.05) is 16.8 Å². The lowest BCUT2D eigenvalue weighted by atomic mass is 10.1. The summed E-state index contributed by atoms with van der Waals surface area (Å²) < 4.78 is 1.26. The predicted octanol–water partition coefficient (Wildman–Crippen LogP) is 4.14. The van der Waals surface area contributed by atoms with Crippen molar-refractivity contribution < 1.29 is 0 Å². The topological polar surface area (TPSA) is 29.0 Å². The van der Waals surface area contributed by atoms with Gasteiger partial charge in [-0.15, -0.1) is 11.3 Å². The highest BCUT2D eigenvalue weighted by molar-refractivity contribution is 9.09. The van der Waals surface area contributed by atoms with E-state index in [-0.39, 0.29) is 0 Å². The van der Waals surface area contributed by atoms with E-state index in [4.69, 9.17) is 0 Å². The Hall–Kier alpha value is -0.680. The van der Waals surface area contributed by atoms with E-state index < -0.39 is 0 Å². The highest BCUT2D eigenvalue weighted by atomic mass is 79.9. The van der Waals surface area contributed by atoms with Gasteiger partial charge < -0.3 is 4.90 Å². The summed E-state index contributed by atoms with van der Waals surface area (Å²) in [6.45, 7) is 3.26. The molecule has 1 saturated heterocycles. The molecule has 2 aromatic rings. The monoisotopic (exact) mass is 339 g/mol. The normalized spacial score (nSPS) is 19.5. The first-order chi connectivity index (χ1) is 9.31. The molecule has 5 heteroatoms. The van der Waals surface area contributed by atoms with Crippen LogP contribution in [0.4, 0.5) is 5.82 Å². The van der Waals surface area contributed by atoms with E-state index in [1.165, 1.54) is 35.9 Å². The minimum absolute atomic E-state index is 0.651. The van der Waals surface area contributed by atoms with Gasteiger partial charge in [-0.3, -0.25) is 0 Å². The third-order valence-corrected chi connectivity index (χ3v) is 5.48. The number of hydrogen-bond acceptors (Lipinski definition) is 4. The van der Waals surface area contributed by atoms with E-state index in [0.29, 0.717) is 6.04 Å². The molecule has 0 N–H and O–H groups in total. The summed E-state index contributed by atoms with van der Waals surface area (Å²) in [6, 6.07) is 0.651. The summed E-state index contributed by atoms with van der Waals surface area (Å²) in [5, 5.41) is 3.28. The summed E-state index contributed by atoms with van der Waals surface area (Å²) >= 11 is 5.31. The summed E-state index contributed by atoms with van der Waals surface area (Å²) in [6.07, 6.45) is 6.78. The van der Waals surface area contributed by atoms with Crippen molar-refractivity contribution in [2.45, 2.75) is 38.6 Å². The van der Waals surface area contributed by atoms with Gasteiger partial charge in [0.15, 0.2) is 0 Å². The lowest BCUT2D eigenvalue weighted by Crippen LogP contribution is -2.30. The molecule has 1 atom stereocenters. The number of fused-ring (bicyclic) bond motifs is 1. The van der Waals surface area contributed by atoms with Crippen LogP contribution in [0.5, 0.6) is 0 Å². The van der Waals surface area contributed by atoms with Crippen molar-refractivity contribution in [2.24, 2.45) is 0 Å². The molecule has 102 valence electrons. The summed E-state index contributed by atoms with van der Waals surface area (Å²) in [7, 11) is 0. The molecule has 3 heterocycles. The zero-order valence-electron chi connectivity index (χ0n) is 11.1. The van der Waals surface area contributed by atoms with Gasteiger partial charge in [0.05, 0.1) is 10.2 Å². The summed E-state index contributed by atoms with van der Waals surface area (Å²) in [5.41, 5.74) is 2.39. The molecule has 1 fully saturated rings. The third kappa shape index (κ3) is 2.50. The number of nitrogens with zero attached hydrogens (tertiary/aromatic N) is 3. The smallest absolute Gasteiger partial charge is 0.150 e. The SMILES string of the molecule is Cc1csc2c(N3CCCC3CCCBr)ncnc12. The van der Waals surface area contributed by atoms with Crippen LogP contribution in [-0.4, -0.2) is 27.9 Å². The lowest BCUT2D eigenvalue weighted by molar-refractivity contribution is 0.601. The zero-order valence-corrected chi connectivity index (χ0v) is 13.5.